The Balaban J connectivity index is 2.34. The zero-order valence-electron chi connectivity index (χ0n) is 11.2. The number of ether oxygens (including phenoxy) is 1. The van der Waals surface area contributed by atoms with Crippen LogP contribution in [0.5, 0.6) is 0 Å². The molecule has 0 aliphatic heterocycles. The summed E-state index contributed by atoms with van der Waals surface area (Å²) in [4.78, 5) is 0. The smallest absolute Gasteiger partial charge is 0.0859 e. The van der Waals surface area contributed by atoms with E-state index in [1.165, 1.54) is 0 Å². The minimum absolute atomic E-state index is 0.715. The molecule has 0 bridgehead atoms. The van der Waals surface area contributed by atoms with Crippen LogP contribution >= 0.6 is 11.6 Å². The zero-order chi connectivity index (χ0) is 13.2. The van der Waals surface area contributed by atoms with Crippen LogP contribution < -0.4 is 5.32 Å². The van der Waals surface area contributed by atoms with Crippen LogP contribution in [0.3, 0.4) is 0 Å². The second kappa shape index (κ2) is 9.14. The summed E-state index contributed by atoms with van der Waals surface area (Å²) in [6, 6.07) is 0. The molecular formula is C13H22ClN3O. The van der Waals surface area contributed by atoms with Gasteiger partial charge in [-0.25, -0.2) is 0 Å². The summed E-state index contributed by atoms with van der Waals surface area (Å²) >= 11 is 6.10. The van der Waals surface area contributed by atoms with Gasteiger partial charge in [-0.15, -0.1) is 0 Å². The third-order valence-electron chi connectivity index (χ3n) is 2.52. The summed E-state index contributed by atoms with van der Waals surface area (Å²) in [5.74, 6) is 0. The molecule has 0 aliphatic rings. The van der Waals surface area contributed by atoms with E-state index < -0.39 is 0 Å². The summed E-state index contributed by atoms with van der Waals surface area (Å²) in [7, 11) is 1.71. The Labute approximate surface area is 114 Å². The van der Waals surface area contributed by atoms with Gasteiger partial charge in [0.05, 0.1) is 23.5 Å². The molecule has 0 amide bonds. The highest BCUT2D eigenvalue weighted by molar-refractivity contribution is 6.31. The Hall–Kier alpha value is -0.840. The number of rotatable bonds is 9. The van der Waals surface area contributed by atoms with Crippen LogP contribution in [0.1, 0.15) is 25.5 Å². The van der Waals surface area contributed by atoms with Crippen molar-refractivity contribution < 1.29 is 4.74 Å². The first-order chi connectivity index (χ1) is 8.79. The summed E-state index contributed by atoms with van der Waals surface area (Å²) in [5, 5.41) is 8.25. The molecule has 4 nitrogen and oxygen atoms in total. The van der Waals surface area contributed by atoms with Crippen LogP contribution in [0.2, 0.25) is 5.02 Å². The average Bonchev–Trinajstić information content (AvgIpc) is 2.70. The first-order valence-electron chi connectivity index (χ1n) is 6.37. The standard InChI is InChI=1S/C13H22ClN3O/c1-3-9-17-13(12(14)11-16-17)6-4-5-7-15-8-10-18-2/h4,6,11,15H,3,5,7-10H2,1-2H3/b6-4+. The molecule has 1 aromatic heterocycles. The molecule has 1 rings (SSSR count). The van der Waals surface area contributed by atoms with Crippen molar-refractivity contribution in [1.82, 2.24) is 15.1 Å². The van der Waals surface area contributed by atoms with Crippen LogP contribution in [0.4, 0.5) is 0 Å². The van der Waals surface area contributed by atoms with E-state index in [0.29, 0.717) is 5.02 Å². The SMILES string of the molecule is CCCn1ncc(Cl)c1/C=C/CCNCCOC. The lowest BCUT2D eigenvalue weighted by atomic mass is 10.3. The van der Waals surface area contributed by atoms with Crippen LogP contribution in [-0.2, 0) is 11.3 Å². The predicted octanol–water partition coefficient (Wildman–Crippen LogP) is 2.59. The lowest BCUT2D eigenvalue weighted by Gasteiger charge is -2.03. The lowest BCUT2D eigenvalue weighted by Crippen LogP contribution is -2.19. The maximum Gasteiger partial charge on any atom is 0.0859 e. The second-order valence-electron chi connectivity index (χ2n) is 4.03. The first kappa shape index (κ1) is 15.2. The number of aryl methyl sites for hydroxylation is 1. The van der Waals surface area contributed by atoms with Crippen LogP contribution in [-0.4, -0.2) is 36.6 Å². The van der Waals surface area contributed by atoms with E-state index in [0.717, 1.165) is 44.8 Å². The van der Waals surface area contributed by atoms with E-state index in [1.807, 2.05) is 10.8 Å². The van der Waals surface area contributed by atoms with Crippen molar-refractivity contribution in [3.05, 3.63) is 23.0 Å². The van der Waals surface area contributed by atoms with Gasteiger partial charge < -0.3 is 10.1 Å². The van der Waals surface area contributed by atoms with E-state index >= 15 is 0 Å². The highest BCUT2D eigenvalue weighted by atomic mass is 35.5. The Morgan fingerprint density at radius 3 is 3.06 bits per heavy atom. The number of nitrogens with one attached hydrogen (secondary N) is 1. The quantitative estimate of drug-likeness (QED) is 0.702. The van der Waals surface area contributed by atoms with Crippen molar-refractivity contribution in [1.29, 1.82) is 0 Å². The fraction of sp³-hybridized carbons (Fsp3) is 0.615. The molecule has 0 fully saturated rings. The van der Waals surface area contributed by atoms with E-state index in [2.05, 4.69) is 23.4 Å². The van der Waals surface area contributed by atoms with Gasteiger partial charge in [0.2, 0.25) is 0 Å². The Morgan fingerprint density at radius 1 is 1.50 bits per heavy atom. The van der Waals surface area contributed by atoms with Gasteiger partial charge in [0.1, 0.15) is 0 Å². The topological polar surface area (TPSA) is 39.1 Å². The van der Waals surface area contributed by atoms with E-state index in [9.17, 15) is 0 Å². The number of hydrogen-bond acceptors (Lipinski definition) is 3. The molecule has 0 aliphatic carbocycles. The fourth-order valence-corrected chi connectivity index (χ4v) is 1.81. The number of methoxy groups -OCH3 is 1. The van der Waals surface area contributed by atoms with Gasteiger partial charge in [0.25, 0.3) is 0 Å². The van der Waals surface area contributed by atoms with Gasteiger partial charge in [-0.2, -0.15) is 5.10 Å². The first-order valence-corrected chi connectivity index (χ1v) is 6.75. The van der Waals surface area contributed by atoms with Crippen molar-refractivity contribution in [2.24, 2.45) is 0 Å². The van der Waals surface area contributed by atoms with Gasteiger partial charge in [-0.05, 0) is 25.5 Å². The maximum atomic E-state index is 6.10. The molecule has 0 saturated carbocycles. The fourth-order valence-electron chi connectivity index (χ4n) is 1.61. The summed E-state index contributed by atoms with van der Waals surface area (Å²) in [6.45, 7) is 5.61. The van der Waals surface area contributed by atoms with Gasteiger partial charge >= 0.3 is 0 Å². The van der Waals surface area contributed by atoms with Crippen LogP contribution in [0, 0.1) is 0 Å². The van der Waals surface area contributed by atoms with Gasteiger partial charge in [0, 0.05) is 20.2 Å². The highest BCUT2D eigenvalue weighted by Gasteiger charge is 2.04. The largest absolute Gasteiger partial charge is 0.383 e. The Kier molecular flexibility index (Phi) is 7.73. The van der Waals surface area contributed by atoms with Crippen molar-refractivity contribution in [3.63, 3.8) is 0 Å². The minimum atomic E-state index is 0.715. The average molecular weight is 272 g/mol. The molecule has 0 spiro atoms. The molecule has 0 unspecified atom stereocenters. The zero-order valence-corrected chi connectivity index (χ0v) is 11.9. The highest BCUT2D eigenvalue weighted by Crippen LogP contribution is 2.17. The molecular weight excluding hydrogens is 250 g/mol. The van der Waals surface area contributed by atoms with Crippen molar-refractivity contribution >= 4 is 17.7 Å². The van der Waals surface area contributed by atoms with Gasteiger partial charge in [-0.3, -0.25) is 4.68 Å². The Morgan fingerprint density at radius 2 is 2.33 bits per heavy atom. The van der Waals surface area contributed by atoms with Crippen molar-refractivity contribution in [2.45, 2.75) is 26.3 Å². The number of aromatic nitrogens is 2. The maximum absolute atomic E-state index is 6.10. The van der Waals surface area contributed by atoms with Crippen LogP contribution in [0.15, 0.2) is 12.3 Å². The van der Waals surface area contributed by atoms with Crippen LogP contribution in [0.25, 0.3) is 6.08 Å². The van der Waals surface area contributed by atoms with Gasteiger partial charge in [-0.1, -0.05) is 24.6 Å². The predicted molar refractivity (Wildman–Crippen MR) is 75.9 cm³/mol. The molecule has 0 aromatic carbocycles. The molecule has 5 heteroatoms. The molecule has 18 heavy (non-hydrogen) atoms. The number of nitrogens with zero attached hydrogens (tertiary/aromatic N) is 2. The number of halogens is 1. The lowest BCUT2D eigenvalue weighted by molar-refractivity contribution is 0.199. The monoisotopic (exact) mass is 271 g/mol. The van der Waals surface area contributed by atoms with E-state index in [1.54, 1.807) is 13.3 Å². The molecule has 1 heterocycles. The summed E-state index contributed by atoms with van der Waals surface area (Å²) < 4.78 is 6.90. The third kappa shape index (κ3) is 5.21. The minimum Gasteiger partial charge on any atom is -0.383 e. The molecule has 0 atom stereocenters. The second-order valence-corrected chi connectivity index (χ2v) is 4.44. The van der Waals surface area contributed by atoms with Crippen molar-refractivity contribution in [2.75, 3.05) is 26.8 Å². The third-order valence-corrected chi connectivity index (χ3v) is 2.81. The van der Waals surface area contributed by atoms with E-state index in [4.69, 9.17) is 16.3 Å². The van der Waals surface area contributed by atoms with Crippen molar-refractivity contribution in [3.8, 4) is 0 Å². The Bertz CT molecular complexity index is 363. The molecule has 1 N–H and O–H groups in total. The summed E-state index contributed by atoms with van der Waals surface area (Å²) in [6.07, 6.45) is 7.89. The van der Waals surface area contributed by atoms with Gasteiger partial charge in [0.15, 0.2) is 0 Å². The number of hydrogen-bond donors (Lipinski definition) is 1. The summed E-state index contributed by atoms with van der Waals surface area (Å²) in [5.41, 5.74) is 0.996. The molecule has 1 aromatic rings. The van der Waals surface area contributed by atoms with E-state index in [-0.39, 0.29) is 0 Å². The molecule has 0 saturated heterocycles. The molecule has 0 radical (unpaired) electrons. The normalized spacial score (nSPS) is 11.5. The molecule has 102 valence electrons.